The second kappa shape index (κ2) is 6.28. The van der Waals surface area contributed by atoms with Crippen LogP contribution >= 0.6 is 0 Å². The van der Waals surface area contributed by atoms with Gasteiger partial charge in [-0.15, -0.1) is 0 Å². The first-order valence-electron chi connectivity index (χ1n) is 8.85. The molecule has 2 aromatic rings. The average molecular weight is 340 g/mol. The number of hydrogen-bond donors (Lipinski definition) is 1. The van der Waals surface area contributed by atoms with Crippen LogP contribution < -0.4 is 4.90 Å². The summed E-state index contributed by atoms with van der Waals surface area (Å²) >= 11 is 0. The fourth-order valence-electron chi connectivity index (χ4n) is 4.16. The van der Waals surface area contributed by atoms with Gasteiger partial charge in [-0.3, -0.25) is 4.90 Å². The highest BCUT2D eigenvalue weighted by Gasteiger charge is 2.47. The van der Waals surface area contributed by atoms with Gasteiger partial charge in [0.2, 0.25) is 0 Å². The molecule has 132 valence electrons. The lowest BCUT2D eigenvalue weighted by Gasteiger charge is -2.53. The number of ether oxygens (including phenoxy) is 1. The van der Waals surface area contributed by atoms with Crippen molar-refractivity contribution in [3.8, 4) is 6.07 Å². The summed E-state index contributed by atoms with van der Waals surface area (Å²) in [5.41, 5.74) is 0.772. The van der Waals surface area contributed by atoms with E-state index in [1.165, 1.54) is 0 Å². The number of nitrogens with one attached hydrogen (secondary N) is 1. The predicted molar refractivity (Wildman–Crippen MR) is 95.2 cm³/mol. The minimum atomic E-state index is -0.0942. The highest BCUT2D eigenvalue weighted by Crippen LogP contribution is 2.35. The van der Waals surface area contributed by atoms with Crippen molar-refractivity contribution in [1.82, 2.24) is 19.9 Å². The predicted octanol–water partition coefficient (Wildman–Crippen LogP) is 1.79. The standard InChI is InChI=1S/C18H24N6O/c1-13-4-8-24(18(5-6-19)10-25-11-18)9-15(13)23(2)17-14-3-7-20-16(14)21-12-22-17/h3,7,12-13,15H,4-5,8-11H2,1-2H3,(H,20,21,22)/t13-,15+/m1/s1. The van der Waals surface area contributed by atoms with Crippen molar-refractivity contribution in [2.45, 2.75) is 31.3 Å². The minimum Gasteiger partial charge on any atom is -0.377 e. The van der Waals surface area contributed by atoms with Crippen LogP contribution in [0.15, 0.2) is 18.6 Å². The maximum Gasteiger partial charge on any atom is 0.142 e. The molecular formula is C18H24N6O. The first-order chi connectivity index (χ1) is 12.1. The van der Waals surface area contributed by atoms with Crippen LogP contribution in [0.1, 0.15) is 19.8 Å². The maximum atomic E-state index is 9.23. The number of nitrogens with zero attached hydrogens (tertiary/aromatic N) is 5. The molecule has 4 heterocycles. The molecule has 1 N–H and O–H groups in total. The summed E-state index contributed by atoms with van der Waals surface area (Å²) in [7, 11) is 2.12. The number of likely N-dealkylation sites (tertiary alicyclic amines) is 1. The Morgan fingerprint density at radius 2 is 2.32 bits per heavy atom. The monoisotopic (exact) mass is 340 g/mol. The lowest BCUT2D eigenvalue weighted by Crippen LogP contribution is -2.66. The fourth-order valence-corrected chi connectivity index (χ4v) is 4.16. The largest absolute Gasteiger partial charge is 0.377 e. The SMILES string of the molecule is C[C@@H]1CCN(C2(CC#N)COC2)C[C@@H]1N(C)c1ncnc2[nH]ccc12. The number of hydrogen-bond acceptors (Lipinski definition) is 6. The molecule has 0 aliphatic carbocycles. The zero-order valence-electron chi connectivity index (χ0n) is 14.8. The summed E-state index contributed by atoms with van der Waals surface area (Å²) in [6, 6.07) is 4.73. The van der Waals surface area contributed by atoms with Crippen LogP contribution in [-0.2, 0) is 4.74 Å². The molecule has 0 radical (unpaired) electrons. The number of anilines is 1. The normalized spacial score (nSPS) is 26.1. The topological polar surface area (TPSA) is 81.1 Å². The quantitative estimate of drug-likeness (QED) is 0.914. The Bertz CT molecular complexity index is 792. The van der Waals surface area contributed by atoms with E-state index in [1.54, 1.807) is 6.33 Å². The number of likely N-dealkylation sites (N-methyl/N-ethyl adjacent to an activating group) is 1. The van der Waals surface area contributed by atoms with Crippen molar-refractivity contribution >= 4 is 16.9 Å². The molecule has 2 saturated heterocycles. The Kier molecular flexibility index (Phi) is 4.10. The Balaban J connectivity index is 1.60. The van der Waals surface area contributed by atoms with Gasteiger partial charge in [0.05, 0.1) is 36.6 Å². The van der Waals surface area contributed by atoms with Crippen LogP contribution in [0.5, 0.6) is 0 Å². The molecule has 2 fully saturated rings. The number of piperidine rings is 1. The van der Waals surface area contributed by atoms with Crippen LogP contribution in [0.2, 0.25) is 0 Å². The number of nitriles is 1. The van der Waals surface area contributed by atoms with E-state index in [0.717, 1.165) is 36.4 Å². The second-order valence-corrected chi connectivity index (χ2v) is 7.38. The van der Waals surface area contributed by atoms with E-state index in [1.807, 2.05) is 12.3 Å². The molecule has 0 aromatic carbocycles. The molecule has 0 spiro atoms. The summed E-state index contributed by atoms with van der Waals surface area (Å²) in [5, 5.41) is 10.3. The first kappa shape index (κ1) is 16.3. The number of H-pyrrole nitrogens is 1. The van der Waals surface area contributed by atoms with Crippen LogP contribution in [0.3, 0.4) is 0 Å². The zero-order chi connectivity index (χ0) is 17.4. The molecule has 7 heteroatoms. The molecule has 2 aliphatic rings. The van der Waals surface area contributed by atoms with Crippen LogP contribution in [0.4, 0.5) is 5.82 Å². The second-order valence-electron chi connectivity index (χ2n) is 7.38. The zero-order valence-corrected chi connectivity index (χ0v) is 14.8. The van der Waals surface area contributed by atoms with Gasteiger partial charge < -0.3 is 14.6 Å². The van der Waals surface area contributed by atoms with E-state index >= 15 is 0 Å². The lowest BCUT2D eigenvalue weighted by molar-refractivity contribution is -0.147. The van der Waals surface area contributed by atoms with Gasteiger partial charge in [-0.05, 0) is 24.9 Å². The van der Waals surface area contributed by atoms with Crippen molar-refractivity contribution in [2.75, 3.05) is 38.3 Å². The third kappa shape index (κ3) is 2.66. The highest BCUT2D eigenvalue weighted by molar-refractivity contribution is 5.87. The Morgan fingerprint density at radius 3 is 3.04 bits per heavy atom. The average Bonchev–Trinajstić information content (AvgIpc) is 3.07. The van der Waals surface area contributed by atoms with Crippen molar-refractivity contribution in [3.05, 3.63) is 18.6 Å². The molecule has 0 saturated carbocycles. The minimum absolute atomic E-state index is 0.0942. The molecule has 2 aromatic heterocycles. The summed E-state index contributed by atoms with van der Waals surface area (Å²) < 4.78 is 5.47. The summed E-state index contributed by atoms with van der Waals surface area (Å²) in [5.74, 6) is 1.52. The van der Waals surface area contributed by atoms with Crippen molar-refractivity contribution in [1.29, 1.82) is 5.26 Å². The van der Waals surface area contributed by atoms with Crippen LogP contribution in [0, 0.1) is 17.2 Å². The van der Waals surface area contributed by atoms with Crippen molar-refractivity contribution in [2.24, 2.45) is 5.92 Å². The number of aromatic amines is 1. The Hall–Kier alpha value is -2.17. The summed E-state index contributed by atoms with van der Waals surface area (Å²) in [4.78, 5) is 16.7. The Labute approximate surface area is 147 Å². The van der Waals surface area contributed by atoms with E-state index in [0.29, 0.717) is 31.6 Å². The van der Waals surface area contributed by atoms with Gasteiger partial charge in [0.25, 0.3) is 0 Å². The summed E-state index contributed by atoms with van der Waals surface area (Å²) in [6.45, 7) is 5.60. The van der Waals surface area contributed by atoms with Crippen LogP contribution in [-0.4, -0.2) is 64.8 Å². The molecule has 0 unspecified atom stereocenters. The maximum absolute atomic E-state index is 9.23. The van der Waals surface area contributed by atoms with Gasteiger partial charge in [0.15, 0.2) is 0 Å². The van der Waals surface area contributed by atoms with E-state index in [9.17, 15) is 5.26 Å². The molecular weight excluding hydrogens is 316 g/mol. The van der Waals surface area contributed by atoms with Crippen LogP contribution in [0.25, 0.3) is 11.0 Å². The third-order valence-corrected chi connectivity index (χ3v) is 5.90. The van der Waals surface area contributed by atoms with E-state index < -0.39 is 0 Å². The van der Waals surface area contributed by atoms with E-state index in [-0.39, 0.29) is 5.54 Å². The molecule has 0 bridgehead atoms. The van der Waals surface area contributed by atoms with E-state index in [2.05, 4.69) is 44.8 Å². The fraction of sp³-hybridized carbons (Fsp3) is 0.611. The molecule has 4 rings (SSSR count). The van der Waals surface area contributed by atoms with Gasteiger partial charge in [-0.1, -0.05) is 6.92 Å². The summed E-state index contributed by atoms with van der Waals surface area (Å²) in [6.07, 6.45) is 5.17. The lowest BCUT2D eigenvalue weighted by atomic mass is 9.84. The molecule has 7 nitrogen and oxygen atoms in total. The van der Waals surface area contributed by atoms with Gasteiger partial charge in [-0.2, -0.15) is 5.26 Å². The number of fused-ring (bicyclic) bond motifs is 1. The van der Waals surface area contributed by atoms with Crippen molar-refractivity contribution in [3.63, 3.8) is 0 Å². The van der Waals surface area contributed by atoms with Gasteiger partial charge >= 0.3 is 0 Å². The van der Waals surface area contributed by atoms with Gasteiger partial charge in [0.1, 0.15) is 17.8 Å². The Morgan fingerprint density at radius 1 is 1.48 bits per heavy atom. The van der Waals surface area contributed by atoms with Crippen molar-refractivity contribution < 1.29 is 4.74 Å². The first-order valence-corrected chi connectivity index (χ1v) is 8.85. The highest BCUT2D eigenvalue weighted by atomic mass is 16.5. The number of rotatable bonds is 4. The van der Waals surface area contributed by atoms with E-state index in [4.69, 9.17) is 4.74 Å². The smallest absolute Gasteiger partial charge is 0.142 e. The number of aromatic nitrogens is 3. The third-order valence-electron chi connectivity index (χ3n) is 5.90. The molecule has 2 aliphatic heterocycles. The van der Waals surface area contributed by atoms with Gasteiger partial charge in [-0.25, -0.2) is 9.97 Å². The molecule has 0 amide bonds. The molecule has 2 atom stereocenters. The van der Waals surface area contributed by atoms with Gasteiger partial charge in [0, 0.05) is 25.8 Å². The molecule has 25 heavy (non-hydrogen) atoms.